The highest BCUT2D eigenvalue weighted by atomic mass is 16.6. The summed E-state index contributed by atoms with van der Waals surface area (Å²) in [6.07, 6.45) is 0.917. The van der Waals surface area contributed by atoms with Crippen LogP contribution < -0.4 is 0 Å². The number of ether oxygens (including phenoxy) is 1. The van der Waals surface area contributed by atoms with Crippen molar-refractivity contribution in [2.75, 3.05) is 6.61 Å². The Bertz CT molecular complexity index is 99.8. The van der Waals surface area contributed by atoms with Crippen molar-refractivity contribution >= 4 is 6.29 Å². The fraction of sp³-hybridized carbons (Fsp3) is 0.875. The Morgan fingerprint density at radius 2 is 1.70 bits per heavy atom. The monoisotopic (exact) mass is 144 g/mol. The fourth-order valence-corrected chi connectivity index (χ4v) is 0.144. The highest BCUT2D eigenvalue weighted by molar-refractivity contribution is 5.51. The SMILES string of the molecule is CC(C)C=O.CC1(C)CO1. The Hall–Kier alpha value is -0.370. The largest absolute Gasteiger partial charge is 0.370 e. The minimum absolute atomic E-state index is 0.204. The lowest BCUT2D eigenvalue weighted by Crippen LogP contribution is -1.90. The molecular weight excluding hydrogens is 128 g/mol. The van der Waals surface area contributed by atoms with Crippen LogP contribution in [0, 0.1) is 5.92 Å². The van der Waals surface area contributed by atoms with Gasteiger partial charge in [0.2, 0.25) is 0 Å². The van der Waals surface area contributed by atoms with Crippen molar-refractivity contribution in [3.63, 3.8) is 0 Å². The Kier molecular flexibility index (Phi) is 3.58. The van der Waals surface area contributed by atoms with Gasteiger partial charge in [-0.1, -0.05) is 13.8 Å². The van der Waals surface area contributed by atoms with Crippen LogP contribution >= 0.6 is 0 Å². The van der Waals surface area contributed by atoms with Crippen molar-refractivity contribution in [1.29, 1.82) is 0 Å². The topological polar surface area (TPSA) is 29.6 Å². The molecule has 0 N–H and O–H groups in total. The van der Waals surface area contributed by atoms with E-state index in [4.69, 9.17) is 4.74 Å². The van der Waals surface area contributed by atoms with Gasteiger partial charge in [-0.3, -0.25) is 0 Å². The molecule has 0 aromatic rings. The van der Waals surface area contributed by atoms with Crippen molar-refractivity contribution < 1.29 is 9.53 Å². The van der Waals surface area contributed by atoms with Crippen LogP contribution in [-0.4, -0.2) is 18.5 Å². The third-order valence-corrected chi connectivity index (χ3v) is 0.994. The number of carbonyl (C=O) groups is 1. The molecule has 2 nitrogen and oxygen atoms in total. The second-order valence-electron chi connectivity index (χ2n) is 3.43. The molecule has 0 spiro atoms. The molecule has 1 fully saturated rings. The second-order valence-corrected chi connectivity index (χ2v) is 3.43. The number of hydrogen-bond acceptors (Lipinski definition) is 2. The molecule has 10 heavy (non-hydrogen) atoms. The molecule has 1 aliphatic heterocycles. The van der Waals surface area contributed by atoms with E-state index in [2.05, 4.69) is 13.8 Å². The lowest BCUT2D eigenvalue weighted by atomic mass is 10.3. The molecular formula is C8H16O2. The summed E-state index contributed by atoms with van der Waals surface area (Å²) >= 11 is 0. The van der Waals surface area contributed by atoms with Gasteiger partial charge in [0.15, 0.2) is 0 Å². The predicted molar refractivity (Wildman–Crippen MR) is 40.9 cm³/mol. The van der Waals surface area contributed by atoms with Gasteiger partial charge >= 0.3 is 0 Å². The number of carbonyl (C=O) groups excluding carboxylic acids is 1. The summed E-state index contributed by atoms with van der Waals surface area (Å²) in [5.41, 5.74) is 0.250. The molecule has 0 saturated carbocycles. The van der Waals surface area contributed by atoms with E-state index in [9.17, 15) is 4.79 Å². The summed E-state index contributed by atoms with van der Waals surface area (Å²) in [4.78, 5) is 9.50. The molecule has 0 radical (unpaired) electrons. The molecule has 0 unspecified atom stereocenters. The van der Waals surface area contributed by atoms with Gasteiger partial charge in [0.05, 0.1) is 12.2 Å². The van der Waals surface area contributed by atoms with Crippen LogP contribution in [0.25, 0.3) is 0 Å². The summed E-state index contributed by atoms with van der Waals surface area (Å²) < 4.78 is 4.90. The highest BCUT2D eigenvalue weighted by Gasteiger charge is 2.32. The van der Waals surface area contributed by atoms with Crippen molar-refractivity contribution in [2.45, 2.75) is 33.3 Å². The van der Waals surface area contributed by atoms with Crippen LogP contribution in [0.3, 0.4) is 0 Å². The molecule has 0 aromatic carbocycles. The van der Waals surface area contributed by atoms with Crippen LogP contribution in [0.4, 0.5) is 0 Å². The smallest absolute Gasteiger partial charge is 0.122 e. The van der Waals surface area contributed by atoms with E-state index in [0.717, 1.165) is 12.9 Å². The van der Waals surface area contributed by atoms with Crippen molar-refractivity contribution in [1.82, 2.24) is 0 Å². The maximum absolute atomic E-state index is 9.50. The Balaban J connectivity index is 0.000000162. The van der Waals surface area contributed by atoms with Crippen molar-refractivity contribution in [2.24, 2.45) is 5.92 Å². The molecule has 1 rings (SSSR count). The van der Waals surface area contributed by atoms with Crippen LogP contribution in [-0.2, 0) is 9.53 Å². The van der Waals surface area contributed by atoms with Gasteiger partial charge in [0.1, 0.15) is 6.29 Å². The van der Waals surface area contributed by atoms with E-state index in [1.807, 2.05) is 13.8 Å². The lowest BCUT2D eigenvalue weighted by molar-refractivity contribution is -0.110. The van der Waals surface area contributed by atoms with Crippen molar-refractivity contribution in [3.8, 4) is 0 Å². The zero-order valence-corrected chi connectivity index (χ0v) is 7.18. The first-order valence-corrected chi connectivity index (χ1v) is 3.57. The number of hydrogen-bond donors (Lipinski definition) is 0. The molecule has 1 heterocycles. The minimum Gasteiger partial charge on any atom is -0.370 e. The maximum Gasteiger partial charge on any atom is 0.122 e. The number of rotatable bonds is 1. The van der Waals surface area contributed by atoms with Gasteiger partial charge in [-0.15, -0.1) is 0 Å². The third kappa shape index (κ3) is 7.63. The Morgan fingerprint density at radius 3 is 1.70 bits per heavy atom. The average Bonchev–Trinajstić information content (AvgIpc) is 2.48. The van der Waals surface area contributed by atoms with E-state index >= 15 is 0 Å². The lowest BCUT2D eigenvalue weighted by Gasteiger charge is -1.81. The number of aldehydes is 1. The molecule has 0 aromatic heterocycles. The minimum atomic E-state index is 0.204. The first kappa shape index (κ1) is 9.63. The predicted octanol–water partition coefficient (Wildman–Crippen LogP) is 1.64. The quantitative estimate of drug-likeness (QED) is 0.413. The van der Waals surface area contributed by atoms with E-state index < -0.39 is 0 Å². The zero-order chi connectivity index (χ0) is 8.20. The average molecular weight is 144 g/mol. The summed E-state index contributed by atoms with van der Waals surface area (Å²) in [7, 11) is 0. The second kappa shape index (κ2) is 3.71. The Morgan fingerprint density at radius 1 is 1.50 bits per heavy atom. The van der Waals surface area contributed by atoms with Gasteiger partial charge < -0.3 is 9.53 Å². The molecule has 0 atom stereocenters. The standard InChI is InChI=1S/2C4H8O/c1-4(2)3-5-4;1-4(2)3-5/h3H2,1-2H3;3-4H,1-2H3. The molecule has 60 valence electrons. The normalized spacial score (nSPS) is 19.3. The molecule has 0 aliphatic carbocycles. The third-order valence-electron chi connectivity index (χ3n) is 0.994. The molecule has 0 amide bonds. The first-order valence-electron chi connectivity index (χ1n) is 3.57. The summed E-state index contributed by atoms with van der Waals surface area (Å²) in [5.74, 6) is 0.204. The summed E-state index contributed by atoms with van der Waals surface area (Å²) in [5, 5.41) is 0. The van der Waals surface area contributed by atoms with Crippen LogP contribution in [0.1, 0.15) is 27.7 Å². The summed E-state index contributed by atoms with van der Waals surface area (Å²) in [6, 6.07) is 0. The molecule has 1 aliphatic rings. The van der Waals surface area contributed by atoms with Gasteiger partial charge in [-0.25, -0.2) is 0 Å². The van der Waals surface area contributed by atoms with E-state index in [-0.39, 0.29) is 11.5 Å². The summed E-state index contributed by atoms with van der Waals surface area (Å²) in [6.45, 7) is 8.81. The zero-order valence-electron chi connectivity index (χ0n) is 7.18. The molecule has 1 saturated heterocycles. The van der Waals surface area contributed by atoms with E-state index in [0.29, 0.717) is 0 Å². The van der Waals surface area contributed by atoms with E-state index in [1.165, 1.54) is 0 Å². The number of epoxide rings is 1. The van der Waals surface area contributed by atoms with Crippen molar-refractivity contribution in [3.05, 3.63) is 0 Å². The van der Waals surface area contributed by atoms with Crippen LogP contribution in [0.15, 0.2) is 0 Å². The maximum atomic E-state index is 9.50. The van der Waals surface area contributed by atoms with Gasteiger partial charge in [-0.2, -0.15) is 0 Å². The van der Waals surface area contributed by atoms with E-state index in [1.54, 1.807) is 0 Å². The first-order chi connectivity index (χ1) is 4.48. The van der Waals surface area contributed by atoms with Crippen LogP contribution in [0.5, 0.6) is 0 Å². The fourth-order valence-electron chi connectivity index (χ4n) is 0.144. The van der Waals surface area contributed by atoms with Gasteiger partial charge in [-0.05, 0) is 13.8 Å². The molecule has 0 bridgehead atoms. The Labute approximate surface area is 62.6 Å². The van der Waals surface area contributed by atoms with Gasteiger partial charge in [0, 0.05) is 5.92 Å². The highest BCUT2D eigenvalue weighted by Crippen LogP contribution is 2.23. The van der Waals surface area contributed by atoms with Crippen LogP contribution in [0.2, 0.25) is 0 Å². The van der Waals surface area contributed by atoms with Gasteiger partial charge in [0.25, 0.3) is 0 Å². The molecule has 2 heteroatoms.